The molecule has 76 valence electrons. The van der Waals surface area contributed by atoms with Crippen LogP contribution in [0.15, 0.2) is 28.7 Å². The van der Waals surface area contributed by atoms with Crippen LogP contribution in [0.1, 0.15) is 11.6 Å². The Balaban J connectivity index is 2.14. The molecule has 3 heteroatoms. The van der Waals surface area contributed by atoms with E-state index in [0.717, 1.165) is 23.5 Å². The molecule has 2 rings (SSSR count). The smallest absolute Gasteiger partial charge is 0.0370 e. The highest BCUT2D eigenvalue weighted by molar-refractivity contribution is 9.10. The first-order chi connectivity index (χ1) is 6.81. The predicted octanol–water partition coefficient (Wildman–Crippen LogP) is 1.93. The maximum absolute atomic E-state index is 3.45. The first kappa shape index (κ1) is 10.1. The van der Waals surface area contributed by atoms with Crippen LogP contribution in [-0.2, 0) is 0 Å². The van der Waals surface area contributed by atoms with Crippen molar-refractivity contribution in [2.24, 2.45) is 5.92 Å². The summed E-state index contributed by atoms with van der Waals surface area (Å²) >= 11 is 3.45. The highest BCUT2D eigenvalue weighted by atomic mass is 79.9. The van der Waals surface area contributed by atoms with Gasteiger partial charge in [-0.1, -0.05) is 28.1 Å². The lowest BCUT2D eigenvalue weighted by molar-refractivity contribution is 0.268. The van der Waals surface area contributed by atoms with Gasteiger partial charge in [-0.2, -0.15) is 0 Å². The van der Waals surface area contributed by atoms with Gasteiger partial charge in [-0.25, -0.2) is 0 Å². The van der Waals surface area contributed by atoms with Gasteiger partial charge in [0.25, 0.3) is 0 Å². The van der Waals surface area contributed by atoms with Crippen molar-refractivity contribution in [3.63, 3.8) is 0 Å². The minimum absolute atomic E-state index is 0.490. The first-order valence-electron chi connectivity index (χ1n) is 4.94. The average molecular weight is 255 g/mol. The van der Waals surface area contributed by atoms with Crippen molar-refractivity contribution in [3.8, 4) is 0 Å². The zero-order chi connectivity index (χ0) is 9.97. The molecule has 0 spiro atoms. The van der Waals surface area contributed by atoms with Crippen molar-refractivity contribution >= 4 is 15.9 Å². The van der Waals surface area contributed by atoms with Crippen LogP contribution in [-0.4, -0.2) is 20.1 Å². The van der Waals surface area contributed by atoms with Gasteiger partial charge in [0.1, 0.15) is 0 Å². The van der Waals surface area contributed by atoms with Gasteiger partial charge in [0.15, 0.2) is 0 Å². The highest BCUT2D eigenvalue weighted by Gasteiger charge is 2.26. The summed E-state index contributed by atoms with van der Waals surface area (Å²) in [6.45, 7) is 2.25. The summed E-state index contributed by atoms with van der Waals surface area (Å²) in [4.78, 5) is 0. The molecule has 1 aromatic rings. The normalized spacial score (nSPS) is 19.0. The fraction of sp³-hybridized carbons (Fsp3) is 0.455. The van der Waals surface area contributed by atoms with Gasteiger partial charge in [-0.15, -0.1) is 0 Å². The van der Waals surface area contributed by atoms with E-state index in [0.29, 0.717) is 6.04 Å². The summed E-state index contributed by atoms with van der Waals surface area (Å²) in [5.41, 5.74) is 1.38. The Hall–Kier alpha value is -0.380. The topological polar surface area (TPSA) is 24.1 Å². The first-order valence-corrected chi connectivity index (χ1v) is 5.74. The summed E-state index contributed by atoms with van der Waals surface area (Å²) in [7, 11) is 2.03. The quantitative estimate of drug-likeness (QED) is 0.862. The Labute approximate surface area is 93.2 Å². The van der Waals surface area contributed by atoms with Crippen molar-refractivity contribution in [3.05, 3.63) is 34.3 Å². The van der Waals surface area contributed by atoms with Crippen LogP contribution in [0, 0.1) is 5.92 Å². The Bertz CT molecular complexity index is 293. The number of rotatable bonds is 3. The molecule has 1 unspecified atom stereocenters. The summed E-state index contributed by atoms with van der Waals surface area (Å²) in [5.74, 6) is 0.737. The summed E-state index contributed by atoms with van der Waals surface area (Å²) < 4.78 is 1.14. The molecular weight excluding hydrogens is 240 g/mol. The summed E-state index contributed by atoms with van der Waals surface area (Å²) in [6, 6.07) is 9.06. The standard InChI is InChI=1S/C11H15BrN2/c1-13-11(9-6-14-7-9)8-2-4-10(12)5-3-8/h2-5,9,11,13-14H,6-7H2,1H3. The molecule has 0 aliphatic carbocycles. The highest BCUT2D eigenvalue weighted by Crippen LogP contribution is 2.25. The predicted molar refractivity (Wildman–Crippen MR) is 62.3 cm³/mol. The third-order valence-corrected chi connectivity index (χ3v) is 3.35. The van der Waals surface area contributed by atoms with Crippen molar-refractivity contribution < 1.29 is 0 Å². The van der Waals surface area contributed by atoms with E-state index in [9.17, 15) is 0 Å². The number of nitrogens with one attached hydrogen (secondary N) is 2. The fourth-order valence-corrected chi connectivity index (χ4v) is 2.16. The van der Waals surface area contributed by atoms with E-state index in [2.05, 4.69) is 50.8 Å². The third kappa shape index (κ3) is 2.00. The van der Waals surface area contributed by atoms with E-state index in [1.165, 1.54) is 5.56 Å². The molecule has 2 nitrogen and oxygen atoms in total. The molecule has 2 N–H and O–H groups in total. The zero-order valence-electron chi connectivity index (χ0n) is 8.26. The van der Waals surface area contributed by atoms with Gasteiger partial charge in [-0.05, 0) is 24.7 Å². The molecule has 1 atom stereocenters. The second-order valence-electron chi connectivity index (χ2n) is 3.74. The van der Waals surface area contributed by atoms with Crippen LogP contribution in [0.2, 0.25) is 0 Å². The van der Waals surface area contributed by atoms with Crippen LogP contribution in [0.25, 0.3) is 0 Å². The van der Waals surface area contributed by atoms with Crippen molar-refractivity contribution in [2.45, 2.75) is 6.04 Å². The minimum Gasteiger partial charge on any atom is -0.316 e. The maximum Gasteiger partial charge on any atom is 0.0370 e. The molecule has 0 radical (unpaired) electrons. The fourth-order valence-electron chi connectivity index (χ4n) is 1.89. The van der Waals surface area contributed by atoms with Gasteiger partial charge < -0.3 is 10.6 Å². The Kier molecular flexibility index (Phi) is 3.21. The second kappa shape index (κ2) is 4.43. The molecule has 1 saturated heterocycles. The van der Waals surface area contributed by atoms with E-state index in [-0.39, 0.29) is 0 Å². The molecular formula is C11H15BrN2. The van der Waals surface area contributed by atoms with E-state index < -0.39 is 0 Å². The Morgan fingerprint density at radius 1 is 1.36 bits per heavy atom. The van der Waals surface area contributed by atoms with Crippen molar-refractivity contribution in [2.75, 3.05) is 20.1 Å². The average Bonchev–Trinajstić information content (AvgIpc) is 2.13. The van der Waals surface area contributed by atoms with Crippen LogP contribution < -0.4 is 10.6 Å². The molecule has 0 aromatic heterocycles. The van der Waals surface area contributed by atoms with E-state index >= 15 is 0 Å². The molecule has 0 amide bonds. The van der Waals surface area contributed by atoms with Crippen LogP contribution in [0.3, 0.4) is 0 Å². The number of benzene rings is 1. The van der Waals surface area contributed by atoms with E-state index in [4.69, 9.17) is 0 Å². The number of hydrogen-bond donors (Lipinski definition) is 2. The molecule has 0 saturated carbocycles. The second-order valence-corrected chi connectivity index (χ2v) is 4.65. The lowest BCUT2D eigenvalue weighted by Gasteiger charge is -2.34. The van der Waals surface area contributed by atoms with Gasteiger partial charge in [0.05, 0.1) is 0 Å². The summed E-state index contributed by atoms with van der Waals surface area (Å²) in [6.07, 6.45) is 0. The molecule has 1 aromatic carbocycles. The summed E-state index contributed by atoms with van der Waals surface area (Å²) in [5, 5.41) is 6.69. The lowest BCUT2D eigenvalue weighted by Crippen LogP contribution is -2.48. The molecule has 1 heterocycles. The van der Waals surface area contributed by atoms with Gasteiger partial charge in [0, 0.05) is 29.5 Å². The zero-order valence-corrected chi connectivity index (χ0v) is 9.84. The molecule has 1 aliphatic rings. The van der Waals surface area contributed by atoms with Crippen molar-refractivity contribution in [1.29, 1.82) is 0 Å². The number of hydrogen-bond acceptors (Lipinski definition) is 2. The number of halogens is 1. The molecule has 1 aliphatic heterocycles. The van der Waals surface area contributed by atoms with Crippen LogP contribution in [0.4, 0.5) is 0 Å². The van der Waals surface area contributed by atoms with E-state index in [1.54, 1.807) is 0 Å². The maximum atomic E-state index is 3.45. The largest absolute Gasteiger partial charge is 0.316 e. The van der Waals surface area contributed by atoms with Gasteiger partial charge >= 0.3 is 0 Å². The Morgan fingerprint density at radius 2 is 2.00 bits per heavy atom. The Morgan fingerprint density at radius 3 is 2.43 bits per heavy atom. The lowest BCUT2D eigenvalue weighted by atomic mass is 9.89. The van der Waals surface area contributed by atoms with Gasteiger partial charge in [-0.3, -0.25) is 0 Å². The van der Waals surface area contributed by atoms with Crippen molar-refractivity contribution in [1.82, 2.24) is 10.6 Å². The van der Waals surface area contributed by atoms with E-state index in [1.807, 2.05) is 7.05 Å². The third-order valence-electron chi connectivity index (χ3n) is 2.82. The SMILES string of the molecule is CNC(c1ccc(Br)cc1)C1CNC1. The van der Waals surface area contributed by atoms with Crippen LogP contribution >= 0.6 is 15.9 Å². The monoisotopic (exact) mass is 254 g/mol. The molecule has 14 heavy (non-hydrogen) atoms. The molecule has 0 bridgehead atoms. The minimum atomic E-state index is 0.490. The molecule has 1 fully saturated rings. The van der Waals surface area contributed by atoms with Gasteiger partial charge in [0.2, 0.25) is 0 Å². The van der Waals surface area contributed by atoms with Crippen LogP contribution in [0.5, 0.6) is 0 Å².